The standard InChI is InChI=1S/C19H27FO3.C15H18FNO3.C13H18FN.C13H16FN.C4H8O.C3H7.C2HF3O.2C2H6.CH4.BrH.Mg/c1-13(2)17(21)11-8-15(12-18(22)23-19(3,4)5)14-6-9-16(20)10-7-14;1-15(2,3)20-14(19)17-12(8-9-13(17)18)10-4-6-11(16)7-5-10;2*1-9(2)12-7-8-13(15-12)10-3-5-11(14)6-4-10;1-2-4-5-3-1;1-3-2;3-2(4,5)1-6;2*1-2;;;/h6-7,9-10,13,15H,8,11-12H2,1-5H3;4-7,12H,8-9H2,1-3H3;3-6,9,12-13,15H,7-8H2,1-2H3;3-6,9,13H,7-8H2,1-2H3;1-4H2;3H,1-2H3;1H;2*1-2H3;1H4;1H;/q;;;;;-1;;;;;;+2/p-1/t15-;12-;12-,13+;13-;;;;;;;;/m1010......../s1/i;;;;;;;2*1D;;;. The average molecular weight is 1410 g/mol. The molecule has 8 rings (SSSR count). The number of halogens is 8. The van der Waals surface area contributed by atoms with Crippen LogP contribution < -0.4 is 22.3 Å². The number of ketones is 1. The van der Waals surface area contributed by atoms with E-state index in [0.717, 1.165) is 54.1 Å². The second kappa shape index (κ2) is 50.3. The second-order valence-electron chi connectivity index (χ2n) is 24.7. The molecular formula is C74H111BrF7MgN3O8. The van der Waals surface area contributed by atoms with E-state index in [-0.39, 0.29) is 119 Å². The van der Waals surface area contributed by atoms with Crippen LogP contribution >= 0.6 is 0 Å². The van der Waals surface area contributed by atoms with Crippen LogP contribution in [0.4, 0.5) is 35.5 Å². The molecule has 3 fully saturated rings. The molecule has 0 bridgehead atoms. The molecule has 4 aromatic rings. The van der Waals surface area contributed by atoms with Crippen molar-refractivity contribution in [3.05, 3.63) is 149 Å². The number of nitrogens with one attached hydrogen (secondary N) is 1. The van der Waals surface area contributed by atoms with Gasteiger partial charge in [0.05, 0.1) is 18.5 Å². The van der Waals surface area contributed by atoms with Crippen molar-refractivity contribution >= 4 is 58.8 Å². The number of aldehydes is 1. The Labute approximate surface area is 589 Å². The first kappa shape index (κ1) is 91.0. The van der Waals surface area contributed by atoms with Crippen molar-refractivity contribution in [2.24, 2.45) is 22.7 Å². The molecule has 11 nitrogen and oxygen atoms in total. The molecule has 0 spiro atoms. The summed E-state index contributed by atoms with van der Waals surface area (Å²) in [5.74, 6) is -0.338. The minimum Gasteiger partial charge on any atom is -1.00 e. The summed E-state index contributed by atoms with van der Waals surface area (Å²) in [6.07, 6.45) is 4.72. The fourth-order valence-electron chi connectivity index (χ4n) is 9.28. The van der Waals surface area contributed by atoms with Gasteiger partial charge in [-0.15, -0.1) is 0 Å². The van der Waals surface area contributed by atoms with E-state index in [0.29, 0.717) is 63.4 Å². The number of carbonyl (C=O) groups excluding carboxylic acids is 5. The number of benzene rings is 4. The van der Waals surface area contributed by atoms with E-state index in [1.54, 1.807) is 71.0 Å². The molecule has 4 aliphatic rings. The van der Waals surface area contributed by atoms with Gasteiger partial charge >= 0.3 is 41.3 Å². The Morgan fingerprint density at radius 3 is 1.49 bits per heavy atom. The summed E-state index contributed by atoms with van der Waals surface area (Å²) in [4.78, 5) is 62.5. The largest absolute Gasteiger partial charge is 2.00 e. The normalized spacial score (nSPS) is 17.4. The number of amides is 2. The average Bonchev–Trinajstić information content (AvgIpc) is 1.64. The van der Waals surface area contributed by atoms with Crippen LogP contribution in [0.5, 0.6) is 0 Å². The summed E-state index contributed by atoms with van der Waals surface area (Å²) >= 11 is 0. The van der Waals surface area contributed by atoms with Crippen molar-refractivity contribution in [2.75, 3.05) is 13.2 Å². The second-order valence-corrected chi connectivity index (χ2v) is 24.7. The summed E-state index contributed by atoms with van der Waals surface area (Å²) in [7, 11) is 0. The van der Waals surface area contributed by atoms with E-state index in [2.05, 4.69) is 38.0 Å². The Morgan fingerprint density at radius 1 is 0.702 bits per heavy atom. The van der Waals surface area contributed by atoms with Crippen molar-refractivity contribution < 1.29 is 88.6 Å². The smallest absolute Gasteiger partial charge is 1.00 e. The number of imide groups is 1. The van der Waals surface area contributed by atoms with Gasteiger partial charge in [-0.25, -0.2) is 27.3 Å². The van der Waals surface area contributed by atoms with Gasteiger partial charge in [-0.05, 0) is 181 Å². The summed E-state index contributed by atoms with van der Waals surface area (Å²) in [5.41, 5.74) is 4.03. The zero-order chi connectivity index (χ0) is 71.1. The van der Waals surface area contributed by atoms with E-state index in [4.69, 9.17) is 21.7 Å². The number of hydrogen-bond acceptors (Lipinski definition) is 10. The van der Waals surface area contributed by atoms with Crippen molar-refractivity contribution in [2.45, 2.75) is 250 Å². The summed E-state index contributed by atoms with van der Waals surface area (Å²) in [5, 5.41) is 3.60. The number of esters is 1. The third-order valence-corrected chi connectivity index (χ3v) is 13.8. The Kier molecular flexibility index (Phi) is 48.8. The molecule has 4 aliphatic heterocycles. The number of alkyl halides is 3. The SMILES string of the molecule is C.C1CCOC1.CC(C)(C)OC(=O)N1C(=O)CC[C@H]1c1ccc(F)cc1.CC(C)C(=O)CC[C@H](CC(=O)OC(C)(C)C)c1ccc(F)cc1.CC(C)C1=N[C@H](c2ccc(F)cc2)CC1.CC(C)[C@H]1CC[C@@H](c2ccc(F)cc2)N1.C[CH-]C.O=CC(F)(F)F.[2H]CC.[2H]CC.[Br-].[Mg+2]. The first-order valence-electron chi connectivity index (χ1n) is 33.0. The number of hydrogen-bond donors (Lipinski definition) is 1. The zero-order valence-corrected chi connectivity index (χ0v) is 61.0. The fourth-order valence-corrected chi connectivity index (χ4v) is 9.28. The molecule has 5 atom stereocenters. The van der Waals surface area contributed by atoms with Gasteiger partial charge < -0.3 is 42.9 Å². The number of ether oxygens (including phenoxy) is 3. The van der Waals surface area contributed by atoms with Crippen LogP contribution in [0.2, 0.25) is 0 Å². The molecule has 0 saturated carbocycles. The van der Waals surface area contributed by atoms with Crippen LogP contribution in [0, 0.1) is 47.4 Å². The molecule has 3 saturated heterocycles. The maximum absolute atomic E-state index is 13.1. The topological polar surface area (TPSA) is 141 Å². The van der Waals surface area contributed by atoms with Crippen molar-refractivity contribution in [3.63, 3.8) is 0 Å². The summed E-state index contributed by atoms with van der Waals surface area (Å²) in [6.45, 7) is 33.8. The van der Waals surface area contributed by atoms with Gasteiger partial charge in [-0.2, -0.15) is 27.0 Å². The molecule has 0 aliphatic carbocycles. The van der Waals surface area contributed by atoms with E-state index in [1.807, 2.05) is 79.2 Å². The molecule has 1 N–H and O–H groups in total. The molecule has 2 amide bonds. The quantitative estimate of drug-likeness (QED) is 0.0482. The van der Waals surface area contributed by atoms with E-state index >= 15 is 0 Å². The third kappa shape index (κ3) is 41.2. The first-order chi connectivity index (χ1) is 43.5. The van der Waals surface area contributed by atoms with Gasteiger partial charge in [0.1, 0.15) is 40.3 Å². The number of carbonyl (C=O) groups is 5. The Balaban J connectivity index is -0.000000534. The van der Waals surface area contributed by atoms with Gasteiger partial charge in [-0.1, -0.05) is 125 Å². The van der Waals surface area contributed by atoms with Crippen molar-refractivity contribution in [1.82, 2.24) is 10.2 Å². The minimum atomic E-state index is -4.64. The number of rotatable bonds is 12. The van der Waals surface area contributed by atoms with Crippen LogP contribution in [0.3, 0.4) is 0 Å². The van der Waals surface area contributed by atoms with E-state index < -0.39 is 29.8 Å². The Bertz CT molecular complexity index is 2740. The summed E-state index contributed by atoms with van der Waals surface area (Å²) in [6, 6.07) is 26.4. The number of nitrogens with zero attached hydrogens (tertiary/aromatic N) is 2. The van der Waals surface area contributed by atoms with Crippen LogP contribution in [0.25, 0.3) is 0 Å². The maximum atomic E-state index is 13.1. The monoisotopic (exact) mass is 1410 g/mol. The summed E-state index contributed by atoms with van der Waals surface area (Å²) < 4.78 is 111. The van der Waals surface area contributed by atoms with E-state index in [1.165, 1.54) is 66.9 Å². The number of likely N-dealkylation sites (tertiary alicyclic amines) is 1. The molecular weight excluding hydrogens is 1300 g/mol. The van der Waals surface area contributed by atoms with Crippen LogP contribution in [0.1, 0.15) is 252 Å². The molecule has 4 aromatic carbocycles. The van der Waals surface area contributed by atoms with Gasteiger partial charge in [0.2, 0.25) is 12.2 Å². The van der Waals surface area contributed by atoms with Crippen LogP contribution in [-0.2, 0) is 33.4 Å². The third-order valence-electron chi connectivity index (χ3n) is 13.8. The van der Waals surface area contributed by atoms with Crippen LogP contribution in [0.15, 0.2) is 102 Å². The van der Waals surface area contributed by atoms with Crippen molar-refractivity contribution in [1.29, 1.82) is 0 Å². The van der Waals surface area contributed by atoms with Gasteiger partial charge in [0, 0.05) is 52.5 Å². The van der Waals surface area contributed by atoms with Gasteiger partial charge in [-0.3, -0.25) is 24.2 Å². The van der Waals surface area contributed by atoms with Crippen LogP contribution in [-0.4, -0.2) is 100 Å². The molecule has 0 aromatic heterocycles. The minimum absolute atomic E-state index is 0. The van der Waals surface area contributed by atoms with Crippen molar-refractivity contribution in [3.8, 4) is 0 Å². The molecule has 0 unspecified atom stereocenters. The van der Waals surface area contributed by atoms with E-state index in [9.17, 15) is 49.9 Å². The zero-order valence-electron chi connectivity index (χ0n) is 60.0. The predicted octanol–water partition coefficient (Wildman–Crippen LogP) is 17.2. The number of aliphatic imine (C=N–C) groups is 1. The Morgan fingerprint density at radius 2 is 1.13 bits per heavy atom. The molecule has 528 valence electrons. The molecule has 0 radical (unpaired) electrons. The fraction of sp³-hybridized carbons (Fsp3) is 0.581. The number of Topliss-reactive ketones (excluding diaryl/α,β-unsaturated/α-hetero) is 1. The predicted molar refractivity (Wildman–Crippen MR) is 364 cm³/mol. The van der Waals surface area contributed by atoms with Gasteiger partial charge in [0.15, 0.2) is 0 Å². The maximum Gasteiger partial charge on any atom is 2.00 e. The Hall–Kier alpha value is -5.02. The molecule has 20 heteroatoms. The van der Waals surface area contributed by atoms with Gasteiger partial charge in [0.25, 0.3) is 0 Å². The first-order valence-corrected chi connectivity index (χ1v) is 31.6. The molecule has 94 heavy (non-hydrogen) atoms. The molecule has 4 heterocycles.